The SMILES string of the molecule is C=CCOc1ccc(C=C2SC(=S)N(NC(=O)c3ccc([N+](=O)[O-])cc3)C2=O)cc1. The number of nitrogens with one attached hydrogen (secondary N) is 1. The fourth-order valence-corrected chi connectivity index (χ4v) is 3.61. The highest BCUT2D eigenvalue weighted by Crippen LogP contribution is 2.31. The maximum Gasteiger partial charge on any atom is 0.285 e. The number of hydrogen-bond donors (Lipinski definition) is 1. The topological polar surface area (TPSA) is 102 Å². The van der Waals surface area contributed by atoms with Gasteiger partial charge in [0.1, 0.15) is 12.4 Å². The summed E-state index contributed by atoms with van der Waals surface area (Å²) >= 11 is 6.26. The normalized spacial score (nSPS) is 14.7. The van der Waals surface area contributed by atoms with Crippen LogP contribution in [0.15, 0.2) is 66.1 Å². The molecule has 1 saturated heterocycles. The molecule has 1 N–H and O–H groups in total. The number of rotatable bonds is 7. The van der Waals surface area contributed by atoms with Crippen LogP contribution < -0.4 is 10.2 Å². The van der Waals surface area contributed by atoms with Crippen LogP contribution in [0.2, 0.25) is 0 Å². The van der Waals surface area contributed by atoms with Gasteiger partial charge in [0, 0.05) is 17.7 Å². The monoisotopic (exact) mass is 441 g/mol. The van der Waals surface area contributed by atoms with Gasteiger partial charge in [-0.25, -0.2) is 0 Å². The van der Waals surface area contributed by atoms with Crippen molar-refractivity contribution in [3.63, 3.8) is 0 Å². The van der Waals surface area contributed by atoms with Crippen molar-refractivity contribution in [3.05, 3.63) is 87.3 Å². The number of hydrogen-bond acceptors (Lipinski definition) is 7. The molecular weight excluding hydrogens is 426 g/mol. The molecule has 1 aliphatic rings. The second kappa shape index (κ2) is 9.33. The van der Waals surface area contributed by atoms with Gasteiger partial charge in [-0.1, -0.05) is 36.5 Å². The van der Waals surface area contributed by atoms with Crippen molar-refractivity contribution in [1.29, 1.82) is 0 Å². The number of carbonyl (C=O) groups excluding carboxylic acids is 2. The van der Waals surface area contributed by atoms with E-state index < -0.39 is 16.7 Å². The van der Waals surface area contributed by atoms with Crippen LogP contribution in [0, 0.1) is 10.1 Å². The Balaban J connectivity index is 1.69. The highest BCUT2D eigenvalue weighted by molar-refractivity contribution is 8.26. The van der Waals surface area contributed by atoms with Gasteiger partial charge in [-0.15, -0.1) is 0 Å². The number of benzene rings is 2. The molecule has 2 aromatic carbocycles. The van der Waals surface area contributed by atoms with Crippen LogP contribution in [0.1, 0.15) is 15.9 Å². The molecule has 0 spiro atoms. The van der Waals surface area contributed by atoms with E-state index in [0.717, 1.165) is 22.3 Å². The fraction of sp³-hybridized carbons (Fsp3) is 0.0500. The molecule has 1 aliphatic heterocycles. The van der Waals surface area contributed by atoms with Crippen LogP contribution in [-0.2, 0) is 4.79 Å². The van der Waals surface area contributed by atoms with E-state index in [1.54, 1.807) is 36.4 Å². The standard InChI is InChI=1S/C20H15N3O5S2/c1-2-11-28-16-9-3-13(4-10-16)12-17-19(25)22(20(29)30-17)21-18(24)14-5-7-15(8-6-14)23(26)27/h2-10,12H,1,11H2,(H,21,24). The van der Waals surface area contributed by atoms with Crippen LogP contribution in [-0.4, -0.2) is 32.7 Å². The molecule has 0 aliphatic carbocycles. The van der Waals surface area contributed by atoms with Crippen molar-refractivity contribution in [2.24, 2.45) is 0 Å². The zero-order valence-corrected chi connectivity index (χ0v) is 17.1. The van der Waals surface area contributed by atoms with E-state index in [-0.39, 0.29) is 15.6 Å². The van der Waals surface area contributed by atoms with Crippen molar-refractivity contribution in [2.45, 2.75) is 0 Å². The van der Waals surface area contributed by atoms with E-state index in [1.807, 2.05) is 0 Å². The van der Waals surface area contributed by atoms with Crippen LogP contribution in [0.25, 0.3) is 6.08 Å². The summed E-state index contributed by atoms with van der Waals surface area (Å²) in [6.07, 6.45) is 3.30. The Labute approximate surface area is 181 Å². The Hall–Kier alpha value is -3.50. The van der Waals surface area contributed by atoms with Crippen LogP contribution in [0.4, 0.5) is 5.69 Å². The Morgan fingerprint density at radius 1 is 1.23 bits per heavy atom. The Bertz CT molecular complexity index is 1050. The lowest BCUT2D eigenvalue weighted by atomic mass is 10.2. The van der Waals surface area contributed by atoms with E-state index in [4.69, 9.17) is 17.0 Å². The van der Waals surface area contributed by atoms with Gasteiger partial charge < -0.3 is 4.74 Å². The van der Waals surface area contributed by atoms with E-state index in [9.17, 15) is 19.7 Å². The Kier molecular flexibility index (Phi) is 6.60. The first-order chi connectivity index (χ1) is 14.4. The first-order valence-corrected chi connectivity index (χ1v) is 9.78. The molecule has 3 rings (SSSR count). The molecule has 0 saturated carbocycles. The van der Waals surface area contributed by atoms with Gasteiger partial charge in [-0.2, -0.15) is 5.01 Å². The number of hydrazine groups is 1. The smallest absolute Gasteiger partial charge is 0.285 e. The van der Waals surface area contributed by atoms with Gasteiger partial charge in [-0.3, -0.25) is 25.1 Å². The average Bonchev–Trinajstić information content (AvgIpc) is 3.00. The van der Waals surface area contributed by atoms with Crippen LogP contribution in [0.5, 0.6) is 5.75 Å². The van der Waals surface area contributed by atoms with E-state index in [2.05, 4.69) is 12.0 Å². The predicted molar refractivity (Wildman–Crippen MR) is 118 cm³/mol. The summed E-state index contributed by atoms with van der Waals surface area (Å²) in [5.41, 5.74) is 3.22. The predicted octanol–water partition coefficient (Wildman–Crippen LogP) is 3.71. The largest absolute Gasteiger partial charge is 0.490 e. The lowest BCUT2D eigenvalue weighted by Crippen LogP contribution is -2.44. The number of non-ortho nitro benzene ring substituents is 1. The van der Waals surface area contributed by atoms with Crippen molar-refractivity contribution < 1.29 is 19.2 Å². The summed E-state index contributed by atoms with van der Waals surface area (Å²) in [5, 5.41) is 11.7. The quantitative estimate of drug-likeness (QED) is 0.230. The van der Waals surface area contributed by atoms with Gasteiger partial charge >= 0.3 is 0 Å². The van der Waals surface area contributed by atoms with E-state index in [0.29, 0.717) is 17.3 Å². The average molecular weight is 441 g/mol. The number of thioether (sulfide) groups is 1. The van der Waals surface area contributed by atoms with Crippen molar-refractivity contribution >= 4 is 51.9 Å². The third kappa shape index (κ3) is 4.91. The maximum absolute atomic E-state index is 12.6. The van der Waals surface area contributed by atoms with Crippen molar-refractivity contribution in [2.75, 3.05) is 6.61 Å². The number of amides is 2. The molecule has 30 heavy (non-hydrogen) atoms. The van der Waals surface area contributed by atoms with Gasteiger partial charge in [0.2, 0.25) is 0 Å². The molecule has 10 heteroatoms. The second-order valence-electron chi connectivity index (χ2n) is 5.93. The summed E-state index contributed by atoms with van der Waals surface area (Å²) in [5.74, 6) is -0.395. The van der Waals surface area contributed by atoms with Gasteiger partial charge in [-0.05, 0) is 48.1 Å². The van der Waals surface area contributed by atoms with Crippen molar-refractivity contribution in [1.82, 2.24) is 10.4 Å². The minimum atomic E-state index is -0.605. The maximum atomic E-state index is 12.6. The zero-order chi connectivity index (χ0) is 21.7. The summed E-state index contributed by atoms with van der Waals surface area (Å²) < 4.78 is 5.59. The summed E-state index contributed by atoms with van der Waals surface area (Å²) in [4.78, 5) is 35.5. The third-order valence-corrected chi connectivity index (χ3v) is 5.20. The zero-order valence-electron chi connectivity index (χ0n) is 15.4. The molecule has 1 fully saturated rings. The molecule has 1 heterocycles. The van der Waals surface area contributed by atoms with Crippen LogP contribution in [0.3, 0.4) is 0 Å². The van der Waals surface area contributed by atoms with E-state index in [1.165, 1.54) is 24.3 Å². The minimum absolute atomic E-state index is 0.138. The molecule has 0 bridgehead atoms. The highest BCUT2D eigenvalue weighted by atomic mass is 32.2. The first kappa shape index (κ1) is 21.2. The summed E-state index contributed by atoms with van der Waals surface area (Å²) in [7, 11) is 0. The molecule has 0 unspecified atom stereocenters. The number of ether oxygens (including phenoxy) is 1. The Morgan fingerprint density at radius 3 is 2.50 bits per heavy atom. The molecular formula is C20H15N3O5S2. The summed E-state index contributed by atoms with van der Waals surface area (Å²) in [6, 6.07) is 12.1. The number of nitrogens with zero attached hydrogens (tertiary/aromatic N) is 2. The number of nitro groups is 1. The Morgan fingerprint density at radius 2 is 1.90 bits per heavy atom. The van der Waals surface area contributed by atoms with Gasteiger partial charge in [0.15, 0.2) is 4.32 Å². The highest BCUT2D eigenvalue weighted by Gasteiger charge is 2.33. The number of nitro benzene ring substituents is 1. The molecule has 2 aromatic rings. The number of carbonyl (C=O) groups is 2. The molecule has 2 amide bonds. The number of thiocarbonyl (C=S) groups is 1. The van der Waals surface area contributed by atoms with Gasteiger partial charge in [0.25, 0.3) is 17.5 Å². The first-order valence-electron chi connectivity index (χ1n) is 8.56. The summed E-state index contributed by atoms with van der Waals surface area (Å²) in [6.45, 7) is 3.98. The molecule has 8 nitrogen and oxygen atoms in total. The van der Waals surface area contributed by atoms with Gasteiger partial charge in [0.05, 0.1) is 9.83 Å². The van der Waals surface area contributed by atoms with E-state index >= 15 is 0 Å². The molecule has 0 atom stereocenters. The van der Waals surface area contributed by atoms with Crippen LogP contribution >= 0.6 is 24.0 Å². The lowest BCUT2D eigenvalue weighted by molar-refractivity contribution is -0.384. The lowest BCUT2D eigenvalue weighted by Gasteiger charge is -2.15. The molecule has 0 radical (unpaired) electrons. The third-order valence-electron chi connectivity index (χ3n) is 3.89. The van der Waals surface area contributed by atoms with Crippen molar-refractivity contribution in [3.8, 4) is 5.75 Å². The molecule has 152 valence electrons. The molecule has 0 aromatic heterocycles. The second-order valence-corrected chi connectivity index (χ2v) is 7.61. The minimum Gasteiger partial charge on any atom is -0.490 e. The fourth-order valence-electron chi connectivity index (χ4n) is 2.43.